The molecule has 1 aromatic heterocycles. The molecule has 8 heteroatoms. The first kappa shape index (κ1) is 18.0. The van der Waals surface area contributed by atoms with E-state index in [-0.39, 0.29) is 11.4 Å². The summed E-state index contributed by atoms with van der Waals surface area (Å²) in [6, 6.07) is 13.5. The fraction of sp³-hybridized carbons (Fsp3) is 0.105. The second kappa shape index (κ2) is 7.61. The van der Waals surface area contributed by atoms with Gasteiger partial charge in [0.25, 0.3) is 11.6 Å². The maximum Gasteiger partial charge on any atom is 0.289 e. The highest BCUT2D eigenvalue weighted by Crippen LogP contribution is 2.20. The number of nitro groups is 1. The van der Waals surface area contributed by atoms with Gasteiger partial charge < -0.3 is 0 Å². The van der Waals surface area contributed by atoms with E-state index in [1.807, 2.05) is 32.0 Å². The number of aromatic nitrogens is 2. The average molecular weight is 363 g/mol. The number of nitro benzene ring substituents is 1. The van der Waals surface area contributed by atoms with Crippen LogP contribution in [-0.2, 0) is 0 Å². The minimum Gasteiger partial charge on any atom is -0.272 e. The molecule has 2 N–H and O–H groups in total. The molecule has 27 heavy (non-hydrogen) atoms. The first-order valence-electron chi connectivity index (χ1n) is 8.15. The fourth-order valence-corrected chi connectivity index (χ4v) is 2.43. The number of H-pyrrole nitrogens is 1. The smallest absolute Gasteiger partial charge is 0.272 e. The van der Waals surface area contributed by atoms with E-state index in [1.54, 1.807) is 18.2 Å². The topological polar surface area (TPSA) is 113 Å². The van der Waals surface area contributed by atoms with Crippen molar-refractivity contribution in [3.05, 3.63) is 81.0 Å². The van der Waals surface area contributed by atoms with Crippen LogP contribution in [0.1, 0.15) is 27.2 Å². The Balaban J connectivity index is 1.68. The maximum absolute atomic E-state index is 12.2. The van der Waals surface area contributed by atoms with Gasteiger partial charge >= 0.3 is 0 Å². The Hall–Kier alpha value is -3.81. The van der Waals surface area contributed by atoms with Gasteiger partial charge in [-0.05, 0) is 37.1 Å². The summed E-state index contributed by atoms with van der Waals surface area (Å²) in [5.41, 5.74) is 6.99. The van der Waals surface area contributed by atoms with E-state index in [4.69, 9.17) is 0 Å². The molecular weight excluding hydrogens is 346 g/mol. The van der Waals surface area contributed by atoms with Gasteiger partial charge in [-0.3, -0.25) is 20.0 Å². The molecule has 0 aliphatic heterocycles. The van der Waals surface area contributed by atoms with Gasteiger partial charge in [-0.2, -0.15) is 10.2 Å². The third kappa shape index (κ3) is 4.24. The zero-order valence-corrected chi connectivity index (χ0v) is 14.8. The molecule has 0 unspecified atom stereocenters. The normalized spacial score (nSPS) is 10.9. The Labute approximate surface area is 155 Å². The summed E-state index contributed by atoms with van der Waals surface area (Å²) in [7, 11) is 0. The number of carbonyl (C=O) groups excluding carboxylic acids is 1. The highest BCUT2D eigenvalue weighted by Gasteiger charge is 2.11. The van der Waals surface area contributed by atoms with Crippen molar-refractivity contribution in [1.29, 1.82) is 0 Å². The molecule has 136 valence electrons. The van der Waals surface area contributed by atoms with Crippen LogP contribution in [0, 0.1) is 24.0 Å². The van der Waals surface area contributed by atoms with Gasteiger partial charge in [-0.15, -0.1) is 0 Å². The quantitative estimate of drug-likeness (QED) is 0.411. The molecule has 0 atom stereocenters. The maximum atomic E-state index is 12.2. The van der Waals surface area contributed by atoms with E-state index in [2.05, 4.69) is 20.7 Å². The van der Waals surface area contributed by atoms with Crippen LogP contribution in [0.5, 0.6) is 0 Å². The van der Waals surface area contributed by atoms with Crippen molar-refractivity contribution in [3.63, 3.8) is 0 Å². The van der Waals surface area contributed by atoms with Crippen molar-refractivity contribution in [1.82, 2.24) is 15.6 Å². The minimum absolute atomic E-state index is 0.0446. The monoisotopic (exact) mass is 363 g/mol. The van der Waals surface area contributed by atoms with Gasteiger partial charge in [-0.1, -0.05) is 24.3 Å². The number of hydrazone groups is 1. The summed E-state index contributed by atoms with van der Waals surface area (Å²) in [5.74, 6) is -0.459. The van der Waals surface area contributed by atoms with Gasteiger partial charge in [0.2, 0.25) is 0 Å². The van der Waals surface area contributed by atoms with Crippen molar-refractivity contribution >= 4 is 17.8 Å². The Bertz CT molecular complexity index is 1040. The predicted molar refractivity (Wildman–Crippen MR) is 102 cm³/mol. The van der Waals surface area contributed by atoms with Crippen LogP contribution in [-0.4, -0.2) is 27.2 Å². The molecular formula is C19H17N5O3. The van der Waals surface area contributed by atoms with E-state index < -0.39 is 10.8 Å². The molecule has 2 aromatic carbocycles. The van der Waals surface area contributed by atoms with Gasteiger partial charge in [0.1, 0.15) is 5.69 Å². The number of rotatable bonds is 5. The van der Waals surface area contributed by atoms with Crippen molar-refractivity contribution in [2.24, 2.45) is 5.10 Å². The minimum atomic E-state index is -0.491. The number of hydrogen-bond donors (Lipinski definition) is 2. The highest BCUT2D eigenvalue weighted by molar-refractivity contribution is 5.94. The van der Waals surface area contributed by atoms with Crippen LogP contribution in [0.2, 0.25) is 0 Å². The van der Waals surface area contributed by atoms with Crippen LogP contribution < -0.4 is 5.43 Å². The molecule has 1 amide bonds. The standard InChI is InChI=1S/C19H17N5O3/c1-12-6-7-15(8-13(12)2)17-10-18(22-21-17)19(25)23-20-11-14-4-3-5-16(9-14)24(26)27/h3-11H,1-2H3,(H,21,22)(H,23,25)/b20-11+. The van der Waals surface area contributed by atoms with E-state index in [1.165, 1.54) is 23.9 Å². The molecule has 0 saturated heterocycles. The molecule has 0 spiro atoms. The number of amides is 1. The van der Waals surface area contributed by atoms with Gasteiger partial charge in [0.05, 0.1) is 16.8 Å². The van der Waals surface area contributed by atoms with Gasteiger partial charge in [-0.25, -0.2) is 5.43 Å². The summed E-state index contributed by atoms with van der Waals surface area (Å²) < 4.78 is 0. The third-order valence-electron chi connectivity index (χ3n) is 4.09. The van der Waals surface area contributed by atoms with Crippen LogP contribution in [0.25, 0.3) is 11.3 Å². The molecule has 0 aliphatic carbocycles. The van der Waals surface area contributed by atoms with E-state index in [9.17, 15) is 14.9 Å². The molecule has 0 bridgehead atoms. The summed E-state index contributed by atoms with van der Waals surface area (Å²) in [5, 5.41) is 21.4. The first-order chi connectivity index (χ1) is 12.9. The Morgan fingerprint density at radius 1 is 1.19 bits per heavy atom. The first-order valence-corrected chi connectivity index (χ1v) is 8.15. The second-order valence-electron chi connectivity index (χ2n) is 6.02. The Morgan fingerprint density at radius 3 is 2.74 bits per heavy atom. The lowest BCUT2D eigenvalue weighted by Gasteiger charge is -2.01. The van der Waals surface area contributed by atoms with Gasteiger partial charge in [0.15, 0.2) is 0 Å². The van der Waals surface area contributed by atoms with Crippen LogP contribution in [0.4, 0.5) is 5.69 Å². The summed E-state index contributed by atoms with van der Waals surface area (Å²) in [4.78, 5) is 22.4. The fourth-order valence-electron chi connectivity index (χ4n) is 2.43. The second-order valence-corrected chi connectivity index (χ2v) is 6.02. The molecule has 8 nitrogen and oxygen atoms in total. The number of nitrogens with zero attached hydrogens (tertiary/aromatic N) is 3. The van der Waals surface area contributed by atoms with E-state index in [0.717, 1.165) is 11.1 Å². The number of non-ortho nitro benzene ring substituents is 1. The molecule has 3 aromatic rings. The third-order valence-corrected chi connectivity index (χ3v) is 4.09. The van der Waals surface area contributed by atoms with Crippen molar-refractivity contribution < 1.29 is 9.72 Å². The molecule has 0 saturated carbocycles. The molecule has 0 radical (unpaired) electrons. The molecule has 1 heterocycles. The highest BCUT2D eigenvalue weighted by atomic mass is 16.6. The van der Waals surface area contributed by atoms with Crippen molar-refractivity contribution in [2.75, 3.05) is 0 Å². The van der Waals surface area contributed by atoms with Crippen molar-refractivity contribution in [3.8, 4) is 11.3 Å². The lowest BCUT2D eigenvalue weighted by Crippen LogP contribution is -2.18. The molecule has 0 aliphatic rings. The van der Waals surface area contributed by atoms with E-state index in [0.29, 0.717) is 11.3 Å². The molecule has 0 fully saturated rings. The number of nitrogens with one attached hydrogen (secondary N) is 2. The summed E-state index contributed by atoms with van der Waals surface area (Å²) >= 11 is 0. The molecule has 3 rings (SSSR count). The van der Waals surface area contributed by atoms with E-state index >= 15 is 0 Å². The summed E-state index contributed by atoms with van der Waals surface area (Å²) in [6.07, 6.45) is 1.34. The number of aryl methyl sites for hydroxylation is 2. The zero-order valence-electron chi connectivity index (χ0n) is 14.8. The lowest BCUT2D eigenvalue weighted by molar-refractivity contribution is -0.384. The lowest BCUT2D eigenvalue weighted by atomic mass is 10.0. The number of benzene rings is 2. The number of aromatic amines is 1. The van der Waals surface area contributed by atoms with Crippen LogP contribution in [0.3, 0.4) is 0 Å². The average Bonchev–Trinajstić information content (AvgIpc) is 3.14. The Kier molecular flexibility index (Phi) is 5.07. The Morgan fingerprint density at radius 2 is 2.00 bits per heavy atom. The van der Waals surface area contributed by atoms with Crippen LogP contribution in [0.15, 0.2) is 53.6 Å². The van der Waals surface area contributed by atoms with Crippen LogP contribution >= 0.6 is 0 Å². The van der Waals surface area contributed by atoms with Gasteiger partial charge in [0, 0.05) is 23.3 Å². The SMILES string of the molecule is Cc1ccc(-c2cc(C(=O)N/N=C/c3cccc([N+](=O)[O-])c3)[nH]n2)cc1C. The zero-order chi connectivity index (χ0) is 19.4. The van der Waals surface area contributed by atoms with Crippen molar-refractivity contribution in [2.45, 2.75) is 13.8 Å². The summed E-state index contributed by atoms with van der Waals surface area (Å²) in [6.45, 7) is 4.05. The number of carbonyl (C=O) groups is 1. The largest absolute Gasteiger partial charge is 0.289 e. The predicted octanol–water partition coefficient (Wildman–Crippen LogP) is 3.37. The number of hydrogen-bond acceptors (Lipinski definition) is 5.